The van der Waals surface area contributed by atoms with Gasteiger partial charge in [0, 0.05) is 39.5 Å². The standard InChI is InChI=1S/C15H25N3O3/c1-3-18-9-6-14(16-18)15(19)17-7-4-13(5-8-17)12-21-11-10-20-2/h6,9,13H,3-5,7-8,10-12H2,1-2H3. The first-order valence-corrected chi connectivity index (χ1v) is 7.64. The number of hydrogen-bond acceptors (Lipinski definition) is 4. The molecule has 1 amide bonds. The highest BCUT2D eigenvalue weighted by atomic mass is 16.5. The molecule has 118 valence electrons. The second-order valence-electron chi connectivity index (χ2n) is 5.36. The van der Waals surface area contributed by atoms with E-state index in [-0.39, 0.29) is 5.91 Å². The highest BCUT2D eigenvalue weighted by Gasteiger charge is 2.24. The van der Waals surface area contributed by atoms with Gasteiger partial charge in [0.1, 0.15) is 5.69 Å². The van der Waals surface area contributed by atoms with Gasteiger partial charge in [0.15, 0.2) is 0 Å². The summed E-state index contributed by atoms with van der Waals surface area (Å²) in [5.74, 6) is 0.583. The van der Waals surface area contributed by atoms with Gasteiger partial charge in [0.05, 0.1) is 13.2 Å². The number of carbonyl (C=O) groups excluding carboxylic acids is 1. The fourth-order valence-electron chi connectivity index (χ4n) is 2.51. The van der Waals surface area contributed by atoms with E-state index >= 15 is 0 Å². The van der Waals surface area contributed by atoms with E-state index in [0.29, 0.717) is 24.8 Å². The van der Waals surface area contributed by atoms with Gasteiger partial charge in [-0.3, -0.25) is 9.48 Å². The van der Waals surface area contributed by atoms with E-state index in [1.165, 1.54) is 0 Å². The van der Waals surface area contributed by atoms with Gasteiger partial charge in [-0.1, -0.05) is 0 Å². The number of aryl methyl sites for hydroxylation is 1. The lowest BCUT2D eigenvalue weighted by molar-refractivity contribution is 0.0326. The first-order valence-electron chi connectivity index (χ1n) is 7.64. The molecule has 2 heterocycles. The first kappa shape index (κ1) is 16.0. The SMILES string of the molecule is CCn1ccc(C(=O)N2CCC(COCCOC)CC2)n1. The van der Waals surface area contributed by atoms with Crippen molar-refractivity contribution in [1.82, 2.24) is 14.7 Å². The lowest BCUT2D eigenvalue weighted by Gasteiger charge is -2.31. The number of rotatable bonds is 7. The Hall–Kier alpha value is -1.40. The summed E-state index contributed by atoms with van der Waals surface area (Å²) in [7, 11) is 1.67. The maximum Gasteiger partial charge on any atom is 0.274 e. The second kappa shape index (κ2) is 8.14. The van der Waals surface area contributed by atoms with Crippen molar-refractivity contribution in [2.45, 2.75) is 26.3 Å². The van der Waals surface area contributed by atoms with Gasteiger partial charge in [0.2, 0.25) is 0 Å². The Balaban J connectivity index is 1.74. The quantitative estimate of drug-likeness (QED) is 0.714. The van der Waals surface area contributed by atoms with E-state index < -0.39 is 0 Å². The van der Waals surface area contributed by atoms with Gasteiger partial charge in [-0.2, -0.15) is 5.10 Å². The van der Waals surface area contributed by atoms with Crippen LogP contribution < -0.4 is 0 Å². The number of nitrogens with zero attached hydrogens (tertiary/aromatic N) is 3. The summed E-state index contributed by atoms with van der Waals surface area (Å²) in [6, 6.07) is 1.80. The van der Waals surface area contributed by atoms with E-state index in [1.807, 2.05) is 18.0 Å². The van der Waals surface area contributed by atoms with Crippen LogP contribution in [0.25, 0.3) is 0 Å². The van der Waals surface area contributed by atoms with E-state index in [1.54, 1.807) is 17.9 Å². The van der Waals surface area contributed by atoms with Crippen molar-refractivity contribution >= 4 is 5.91 Å². The number of piperidine rings is 1. The van der Waals surface area contributed by atoms with Gasteiger partial charge in [-0.25, -0.2) is 0 Å². The minimum atomic E-state index is 0.0425. The van der Waals surface area contributed by atoms with Gasteiger partial charge in [-0.15, -0.1) is 0 Å². The molecule has 1 aromatic heterocycles. The zero-order valence-corrected chi connectivity index (χ0v) is 13.0. The molecule has 6 heteroatoms. The molecular weight excluding hydrogens is 270 g/mol. The fourth-order valence-corrected chi connectivity index (χ4v) is 2.51. The summed E-state index contributed by atoms with van der Waals surface area (Å²) in [4.78, 5) is 14.2. The van der Waals surface area contributed by atoms with Crippen molar-refractivity contribution in [2.75, 3.05) is 40.0 Å². The van der Waals surface area contributed by atoms with Crippen molar-refractivity contribution in [3.05, 3.63) is 18.0 Å². The highest BCUT2D eigenvalue weighted by molar-refractivity contribution is 5.92. The van der Waals surface area contributed by atoms with E-state index in [0.717, 1.165) is 39.1 Å². The van der Waals surface area contributed by atoms with E-state index in [4.69, 9.17) is 9.47 Å². The minimum Gasteiger partial charge on any atom is -0.382 e. The zero-order valence-electron chi connectivity index (χ0n) is 13.0. The number of likely N-dealkylation sites (tertiary alicyclic amines) is 1. The van der Waals surface area contributed by atoms with Crippen molar-refractivity contribution in [3.8, 4) is 0 Å². The molecule has 1 aliphatic heterocycles. The molecule has 0 N–H and O–H groups in total. The third-order valence-electron chi connectivity index (χ3n) is 3.87. The topological polar surface area (TPSA) is 56.6 Å². The molecular formula is C15H25N3O3. The largest absolute Gasteiger partial charge is 0.382 e. The van der Waals surface area contributed by atoms with Crippen molar-refractivity contribution in [1.29, 1.82) is 0 Å². The number of aromatic nitrogens is 2. The molecule has 1 aromatic rings. The summed E-state index contributed by atoms with van der Waals surface area (Å²) in [5, 5.41) is 4.28. The van der Waals surface area contributed by atoms with Gasteiger partial charge in [0.25, 0.3) is 5.91 Å². The molecule has 0 atom stereocenters. The summed E-state index contributed by atoms with van der Waals surface area (Å²) in [6.07, 6.45) is 3.84. The third kappa shape index (κ3) is 4.54. The Morgan fingerprint density at radius 3 is 2.76 bits per heavy atom. The van der Waals surface area contributed by atoms with Crippen molar-refractivity contribution in [3.63, 3.8) is 0 Å². The van der Waals surface area contributed by atoms with Crippen LogP contribution in [0.15, 0.2) is 12.3 Å². The average Bonchev–Trinajstić information content (AvgIpc) is 3.00. The molecule has 0 unspecified atom stereocenters. The molecule has 1 aliphatic rings. The van der Waals surface area contributed by atoms with Crippen LogP contribution in [0.1, 0.15) is 30.3 Å². The molecule has 0 bridgehead atoms. The molecule has 21 heavy (non-hydrogen) atoms. The number of hydrogen-bond donors (Lipinski definition) is 0. The Labute approximate surface area is 126 Å². The maximum atomic E-state index is 12.3. The van der Waals surface area contributed by atoms with Gasteiger partial charge < -0.3 is 14.4 Å². The Morgan fingerprint density at radius 1 is 1.38 bits per heavy atom. The smallest absolute Gasteiger partial charge is 0.274 e. The lowest BCUT2D eigenvalue weighted by Crippen LogP contribution is -2.39. The van der Waals surface area contributed by atoms with Crippen LogP contribution in [0.2, 0.25) is 0 Å². The lowest BCUT2D eigenvalue weighted by atomic mass is 9.97. The molecule has 1 saturated heterocycles. The molecule has 6 nitrogen and oxygen atoms in total. The molecule has 1 fully saturated rings. The van der Waals surface area contributed by atoms with Crippen molar-refractivity contribution < 1.29 is 14.3 Å². The summed E-state index contributed by atoms with van der Waals surface area (Å²) in [6.45, 7) is 6.41. The van der Waals surface area contributed by atoms with Gasteiger partial charge in [-0.05, 0) is 31.7 Å². The molecule has 0 spiro atoms. The molecule has 2 rings (SSSR count). The van der Waals surface area contributed by atoms with Gasteiger partial charge >= 0.3 is 0 Å². The Morgan fingerprint density at radius 2 is 2.14 bits per heavy atom. The minimum absolute atomic E-state index is 0.0425. The van der Waals surface area contributed by atoms with Crippen LogP contribution in [-0.2, 0) is 16.0 Å². The van der Waals surface area contributed by atoms with Crippen LogP contribution in [0.5, 0.6) is 0 Å². The number of methoxy groups -OCH3 is 1. The van der Waals surface area contributed by atoms with Crippen LogP contribution in [0.4, 0.5) is 0 Å². The molecule has 0 radical (unpaired) electrons. The van der Waals surface area contributed by atoms with Crippen LogP contribution in [0.3, 0.4) is 0 Å². The van der Waals surface area contributed by atoms with Crippen LogP contribution in [-0.4, -0.2) is 60.6 Å². The average molecular weight is 295 g/mol. The predicted octanol–water partition coefficient (Wildman–Crippen LogP) is 1.42. The number of carbonyl (C=O) groups is 1. The highest BCUT2D eigenvalue weighted by Crippen LogP contribution is 2.19. The normalized spacial score (nSPS) is 16.4. The molecule has 0 aromatic carbocycles. The summed E-state index contributed by atoms with van der Waals surface area (Å²) in [5.41, 5.74) is 0.548. The first-order chi connectivity index (χ1) is 10.2. The number of amides is 1. The second-order valence-corrected chi connectivity index (χ2v) is 5.36. The van der Waals surface area contributed by atoms with Crippen molar-refractivity contribution in [2.24, 2.45) is 5.92 Å². The predicted molar refractivity (Wildman–Crippen MR) is 79.2 cm³/mol. The Kier molecular flexibility index (Phi) is 6.20. The fraction of sp³-hybridized carbons (Fsp3) is 0.733. The van der Waals surface area contributed by atoms with Crippen LogP contribution in [0, 0.1) is 5.92 Å². The number of ether oxygens (including phenoxy) is 2. The summed E-state index contributed by atoms with van der Waals surface area (Å²) >= 11 is 0. The molecule has 0 aliphatic carbocycles. The maximum absolute atomic E-state index is 12.3. The van der Waals surface area contributed by atoms with E-state index in [2.05, 4.69) is 5.10 Å². The Bertz CT molecular complexity index is 439. The van der Waals surface area contributed by atoms with E-state index in [9.17, 15) is 4.79 Å². The summed E-state index contributed by atoms with van der Waals surface area (Å²) < 4.78 is 12.3. The third-order valence-corrected chi connectivity index (χ3v) is 3.87. The zero-order chi connectivity index (χ0) is 15.1. The van der Waals surface area contributed by atoms with Crippen LogP contribution >= 0.6 is 0 Å². The molecule has 0 saturated carbocycles. The monoisotopic (exact) mass is 295 g/mol.